The van der Waals surface area contributed by atoms with Gasteiger partial charge in [-0.25, -0.2) is 0 Å². The van der Waals surface area contributed by atoms with Crippen molar-refractivity contribution in [2.24, 2.45) is 17.8 Å². The van der Waals surface area contributed by atoms with Crippen molar-refractivity contribution in [1.29, 1.82) is 0 Å². The number of carboxylic acids is 1. The average Bonchev–Trinajstić information content (AvgIpc) is 3.32. The highest BCUT2D eigenvalue weighted by Gasteiger charge is 2.47. The maximum atomic E-state index is 12.9. The summed E-state index contributed by atoms with van der Waals surface area (Å²) in [6.45, 7) is 0.761. The Balaban J connectivity index is 1.85. The molecule has 2 atom stereocenters. The Hall–Kier alpha value is -1.76. The van der Waals surface area contributed by atoms with Crippen molar-refractivity contribution in [3.63, 3.8) is 0 Å². The molecule has 1 saturated carbocycles. The SMILES string of the molecule is COc1cc(C(=O)N2C[C@H](C(=O)O)[C@@H](C3CC3)C2)cc(OC)c1Br. The van der Waals surface area contributed by atoms with Gasteiger partial charge < -0.3 is 19.5 Å². The standard InChI is InChI=1S/C17H20BrNO5/c1-23-13-5-10(6-14(24-2)15(13)18)16(20)19-7-11(9-3-4-9)12(8-19)17(21)22/h5-6,9,11-12H,3-4,7-8H2,1-2H3,(H,21,22)/t11-,12+/m1/s1. The Morgan fingerprint density at radius 3 is 2.21 bits per heavy atom. The summed E-state index contributed by atoms with van der Waals surface area (Å²) < 4.78 is 11.2. The molecule has 0 aromatic heterocycles. The predicted octanol–water partition coefficient (Wildman–Crippen LogP) is 2.65. The van der Waals surface area contributed by atoms with E-state index in [9.17, 15) is 14.7 Å². The lowest BCUT2D eigenvalue weighted by Crippen LogP contribution is -2.30. The van der Waals surface area contributed by atoms with E-state index in [1.165, 1.54) is 14.2 Å². The van der Waals surface area contributed by atoms with E-state index in [-0.39, 0.29) is 18.4 Å². The molecule has 7 heteroatoms. The number of hydrogen-bond donors (Lipinski definition) is 1. The van der Waals surface area contributed by atoms with Crippen LogP contribution in [0.2, 0.25) is 0 Å². The largest absolute Gasteiger partial charge is 0.495 e. The first kappa shape index (κ1) is 17.1. The van der Waals surface area contributed by atoms with E-state index in [0.29, 0.717) is 34.0 Å². The average molecular weight is 398 g/mol. The highest BCUT2D eigenvalue weighted by atomic mass is 79.9. The molecule has 0 bridgehead atoms. The monoisotopic (exact) mass is 397 g/mol. The van der Waals surface area contributed by atoms with Crippen molar-refractivity contribution in [2.45, 2.75) is 12.8 Å². The van der Waals surface area contributed by atoms with Crippen LogP contribution >= 0.6 is 15.9 Å². The van der Waals surface area contributed by atoms with Crippen LogP contribution < -0.4 is 9.47 Å². The lowest BCUT2D eigenvalue weighted by atomic mass is 9.92. The van der Waals surface area contributed by atoms with Gasteiger partial charge in [0.05, 0.1) is 20.1 Å². The zero-order valence-corrected chi connectivity index (χ0v) is 15.2. The summed E-state index contributed by atoms with van der Waals surface area (Å²) in [6, 6.07) is 3.30. The highest BCUT2D eigenvalue weighted by Crippen LogP contribution is 2.44. The summed E-state index contributed by atoms with van der Waals surface area (Å²) in [5.41, 5.74) is 0.437. The maximum absolute atomic E-state index is 12.9. The molecule has 130 valence electrons. The topological polar surface area (TPSA) is 76.1 Å². The van der Waals surface area contributed by atoms with Crippen LogP contribution in [0.5, 0.6) is 11.5 Å². The molecule has 6 nitrogen and oxygen atoms in total. The smallest absolute Gasteiger partial charge is 0.308 e. The Morgan fingerprint density at radius 1 is 1.17 bits per heavy atom. The molecule has 1 saturated heterocycles. The molecule has 1 amide bonds. The summed E-state index contributed by atoms with van der Waals surface area (Å²) in [5, 5.41) is 9.45. The second-order valence-corrected chi connectivity index (χ2v) is 7.14. The quantitative estimate of drug-likeness (QED) is 0.826. The second-order valence-electron chi connectivity index (χ2n) is 6.35. The number of halogens is 1. The van der Waals surface area contributed by atoms with Crippen LogP contribution in [0.25, 0.3) is 0 Å². The van der Waals surface area contributed by atoms with Crippen LogP contribution in [0, 0.1) is 17.8 Å². The molecule has 1 heterocycles. The van der Waals surface area contributed by atoms with Crippen LogP contribution in [0.1, 0.15) is 23.2 Å². The number of methoxy groups -OCH3 is 2. The van der Waals surface area contributed by atoms with E-state index in [4.69, 9.17) is 9.47 Å². The lowest BCUT2D eigenvalue weighted by molar-refractivity contribution is -0.142. The highest BCUT2D eigenvalue weighted by molar-refractivity contribution is 9.10. The minimum Gasteiger partial charge on any atom is -0.495 e. The fourth-order valence-corrected chi connectivity index (χ4v) is 3.99. The predicted molar refractivity (Wildman–Crippen MR) is 90.5 cm³/mol. The van der Waals surface area contributed by atoms with Gasteiger partial charge in [-0.2, -0.15) is 0 Å². The molecule has 3 rings (SSSR count). The van der Waals surface area contributed by atoms with Crippen LogP contribution in [0.15, 0.2) is 16.6 Å². The van der Waals surface area contributed by atoms with Crippen molar-refractivity contribution in [3.8, 4) is 11.5 Å². The minimum atomic E-state index is -0.812. The zero-order chi connectivity index (χ0) is 17.4. The van der Waals surface area contributed by atoms with Crippen LogP contribution in [-0.4, -0.2) is 49.2 Å². The summed E-state index contributed by atoms with van der Waals surface area (Å²) in [7, 11) is 3.04. The first-order chi connectivity index (χ1) is 11.5. The van der Waals surface area contributed by atoms with Gasteiger partial charge in [0.25, 0.3) is 5.91 Å². The number of aliphatic carboxylic acids is 1. The third-order valence-corrected chi connectivity index (χ3v) is 5.67. The van der Waals surface area contributed by atoms with E-state index in [0.717, 1.165) is 12.8 Å². The summed E-state index contributed by atoms with van der Waals surface area (Å²) >= 11 is 3.38. The maximum Gasteiger partial charge on any atom is 0.308 e. The van der Waals surface area contributed by atoms with Crippen molar-refractivity contribution in [2.75, 3.05) is 27.3 Å². The van der Waals surface area contributed by atoms with Gasteiger partial charge in [0, 0.05) is 18.7 Å². The first-order valence-electron chi connectivity index (χ1n) is 7.89. The first-order valence-corrected chi connectivity index (χ1v) is 8.69. The fourth-order valence-electron chi connectivity index (χ4n) is 3.43. The van der Waals surface area contributed by atoms with Gasteiger partial charge in [0.15, 0.2) is 0 Å². The molecule has 2 fully saturated rings. The van der Waals surface area contributed by atoms with Crippen molar-refractivity contribution in [3.05, 3.63) is 22.2 Å². The molecule has 0 spiro atoms. The van der Waals surface area contributed by atoms with Gasteiger partial charge in [0.1, 0.15) is 16.0 Å². The Labute approximate surface area is 148 Å². The molecular formula is C17H20BrNO5. The Morgan fingerprint density at radius 2 is 1.75 bits per heavy atom. The molecular weight excluding hydrogens is 378 g/mol. The molecule has 0 unspecified atom stereocenters. The molecule has 24 heavy (non-hydrogen) atoms. The zero-order valence-electron chi connectivity index (χ0n) is 13.6. The molecule has 1 N–H and O–H groups in total. The van der Waals surface area contributed by atoms with Gasteiger partial charge in [-0.05, 0) is 52.7 Å². The summed E-state index contributed by atoms with van der Waals surface area (Å²) in [4.78, 5) is 26.0. The molecule has 1 aromatic rings. The Bertz CT molecular complexity index is 648. The number of carboxylic acid groups (broad SMARTS) is 1. The number of ether oxygens (including phenoxy) is 2. The summed E-state index contributed by atoms with van der Waals surface area (Å²) in [5.74, 6) is 0.0433. The van der Waals surface area contributed by atoms with Gasteiger partial charge in [0.2, 0.25) is 0 Å². The Kier molecular flexibility index (Phi) is 4.71. The normalized spacial score (nSPS) is 23.2. The number of carbonyl (C=O) groups is 2. The number of likely N-dealkylation sites (tertiary alicyclic amines) is 1. The number of hydrogen-bond acceptors (Lipinski definition) is 4. The minimum absolute atomic E-state index is 0.0608. The third kappa shape index (κ3) is 3.09. The van der Waals surface area contributed by atoms with E-state index < -0.39 is 11.9 Å². The number of rotatable bonds is 5. The van der Waals surface area contributed by atoms with Gasteiger partial charge >= 0.3 is 5.97 Å². The van der Waals surface area contributed by atoms with Gasteiger partial charge in [-0.3, -0.25) is 9.59 Å². The molecule has 1 aliphatic carbocycles. The van der Waals surface area contributed by atoms with Crippen molar-refractivity contribution in [1.82, 2.24) is 4.90 Å². The molecule has 1 aromatic carbocycles. The van der Waals surface area contributed by atoms with Gasteiger partial charge in [-0.15, -0.1) is 0 Å². The van der Waals surface area contributed by atoms with E-state index in [2.05, 4.69) is 15.9 Å². The summed E-state index contributed by atoms with van der Waals surface area (Å²) in [6.07, 6.45) is 2.13. The second kappa shape index (κ2) is 6.63. The van der Waals surface area contributed by atoms with E-state index >= 15 is 0 Å². The van der Waals surface area contributed by atoms with Crippen LogP contribution in [0.3, 0.4) is 0 Å². The van der Waals surface area contributed by atoms with Crippen LogP contribution in [-0.2, 0) is 4.79 Å². The number of amides is 1. The third-order valence-electron chi connectivity index (χ3n) is 4.89. The number of nitrogens with zero attached hydrogens (tertiary/aromatic N) is 1. The van der Waals surface area contributed by atoms with Gasteiger partial charge in [-0.1, -0.05) is 0 Å². The van der Waals surface area contributed by atoms with Crippen molar-refractivity contribution < 1.29 is 24.2 Å². The van der Waals surface area contributed by atoms with Crippen LogP contribution in [0.4, 0.5) is 0 Å². The molecule has 2 aliphatic rings. The number of carbonyl (C=O) groups excluding carboxylic acids is 1. The van der Waals surface area contributed by atoms with Crippen molar-refractivity contribution >= 4 is 27.8 Å². The van der Waals surface area contributed by atoms with E-state index in [1.807, 2.05) is 0 Å². The molecule has 1 aliphatic heterocycles. The van der Waals surface area contributed by atoms with E-state index in [1.54, 1.807) is 17.0 Å². The lowest BCUT2D eigenvalue weighted by Gasteiger charge is -2.18. The number of benzene rings is 1. The molecule has 0 radical (unpaired) electrons. The fraction of sp³-hybridized carbons (Fsp3) is 0.529.